The summed E-state index contributed by atoms with van der Waals surface area (Å²) < 4.78 is 0. The molecule has 0 amide bonds. The van der Waals surface area contributed by atoms with Crippen LogP contribution in [0.25, 0.3) is 0 Å². The molecule has 0 fully saturated rings. The second-order valence-electron chi connectivity index (χ2n) is 3.00. The van der Waals surface area contributed by atoms with Crippen LogP contribution in [-0.4, -0.2) is 0 Å². The molecule has 0 radical (unpaired) electrons. The molecule has 72 valence electrons. The molecular formula is C11H28. The minimum Gasteiger partial charge on any atom is -0.106 e. The predicted octanol–water partition coefficient (Wildman–Crippen LogP) is 4.91. The minimum atomic E-state index is 0.500. The van der Waals surface area contributed by atoms with E-state index in [0.29, 0.717) is 5.41 Å². The smallest absolute Gasteiger partial charge is 0.0411 e. The molecule has 0 heterocycles. The molecule has 0 N–H and O–H groups in total. The van der Waals surface area contributed by atoms with Gasteiger partial charge in [-0.15, -0.1) is 13.2 Å². The van der Waals surface area contributed by atoms with E-state index in [1.807, 2.05) is 27.7 Å². The Balaban J connectivity index is -0.0000000350. The third-order valence-corrected chi connectivity index (χ3v) is 0. The van der Waals surface area contributed by atoms with Gasteiger partial charge in [-0.05, 0) is 5.41 Å². The third-order valence-electron chi connectivity index (χ3n) is 0. The molecule has 0 saturated carbocycles. The molecule has 0 rings (SSSR count). The van der Waals surface area contributed by atoms with Crippen LogP contribution in [0.3, 0.4) is 0 Å². The van der Waals surface area contributed by atoms with Gasteiger partial charge in [0.1, 0.15) is 0 Å². The molecule has 0 heteroatoms. The number of hydrogen-bond donors (Lipinski definition) is 0. The van der Waals surface area contributed by atoms with Crippen molar-refractivity contribution < 1.29 is 0 Å². The fourth-order valence-corrected chi connectivity index (χ4v) is 0. The lowest BCUT2D eigenvalue weighted by atomic mass is 10.0. The standard InChI is InChI=1S/C5H12.2C2H6.C2H4/c1-5(2,3)4;3*1-2/h1-4H3;2*1-2H3;1-2H2. The average molecular weight is 160 g/mol. The van der Waals surface area contributed by atoms with E-state index in [1.54, 1.807) is 0 Å². The van der Waals surface area contributed by atoms with Crippen LogP contribution in [0.1, 0.15) is 55.4 Å². The van der Waals surface area contributed by atoms with Gasteiger partial charge in [-0.1, -0.05) is 55.4 Å². The molecular weight excluding hydrogens is 132 g/mol. The Labute approximate surface area is 74.7 Å². The molecule has 0 aliphatic heterocycles. The van der Waals surface area contributed by atoms with Crippen LogP contribution in [0.5, 0.6) is 0 Å². The Morgan fingerprint density at radius 3 is 0.636 bits per heavy atom. The zero-order valence-electron chi connectivity index (χ0n) is 9.91. The van der Waals surface area contributed by atoms with E-state index < -0.39 is 0 Å². The molecule has 0 unspecified atom stereocenters. The van der Waals surface area contributed by atoms with Gasteiger partial charge in [-0.3, -0.25) is 0 Å². The van der Waals surface area contributed by atoms with Gasteiger partial charge in [-0.2, -0.15) is 0 Å². The maximum Gasteiger partial charge on any atom is -0.0411 e. The Morgan fingerprint density at radius 1 is 0.636 bits per heavy atom. The molecule has 0 atom stereocenters. The van der Waals surface area contributed by atoms with Crippen molar-refractivity contribution in [1.29, 1.82) is 0 Å². The summed E-state index contributed by atoms with van der Waals surface area (Å²) in [5.41, 5.74) is 0.500. The first-order valence-corrected chi connectivity index (χ1v) is 4.50. The van der Waals surface area contributed by atoms with E-state index in [0.717, 1.165) is 0 Å². The predicted molar refractivity (Wildman–Crippen MR) is 59.1 cm³/mol. The summed E-state index contributed by atoms with van der Waals surface area (Å²) >= 11 is 0. The average Bonchev–Trinajstić information content (AvgIpc) is 1.96. The summed E-state index contributed by atoms with van der Waals surface area (Å²) in [5, 5.41) is 0. The monoisotopic (exact) mass is 160 g/mol. The summed E-state index contributed by atoms with van der Waals surface area (Å²) in [4.78, 5) is 0. The fourth-order valence-electron chi connectivity index (χ4n) is 0. The molecule has 11 heavy (non-hydrogen) atoms. The van der Waals surface area contributed by atoms with E-state index in [4.69, 9.17) is 0 Å². The molecule has 0 aliphatic rings. The Morgan fingerprint density at radius 2 is 0.636 bits per heavy atom. The van der Waals surface area contributed by atoms with Crippen molar-refractivity contribution in [3.05, 3.63) is 13.2 Å². The summed E-state index contributed by atoms with van der Waals surface area (Å²) in [6.45, 7) is 22.8. The second-order valence-corrected chi connectivity index (χ2v) is 3.00. The van der Waals surface area contributed by atoms with Crippen molar-refractivity contribution in [2.75, 3.05) is 0 Å². The normalized spacial score (nSPS) is 6.91. The highest BCUT2D eigenvalue weighted by Crippen LogP contribution is 2.07. The van der Waals surface area contributed by atoms with E-state index in [9.17, 15) is 0 Å². The molecule has 0 bridgehead atoms. The van der Waals surface area contributed by atoms with Gasteiger partial charge in [0, 0.05) is 0 Å². The summed E-state index contributed by atoms with van der Waals surface area (Å²) in [5.74, 6) is 0. The van der Waals surface area contributed by atoms with E-state index in [1.165, 1.54) is 0 Å². The van der Waals surface area contributed by atoms with Crippen molar-refractivity contribution in [1.82, 2.24) is 0 Å². The first-order chi connectivity index (χ1) is 5.00. The van der Waals surface area contributed by atoms with Gasteiger partial charge in [0.25, 0.3) is 0 Å². The molecule has 0 aliphatic carbocycles. The van der Waals surface area contributed by atoms with Crippen LogP contribution in [0, 0.1) is 5.41 Å². The zero-order valence-corrected chi connectivity index (χ0v) is 9.91. The van der Waals surface area contributed by atoms with E-state index in [-0.39, 0.29) is 0 Å². The van der Waals surface area contributed by atoms with E-state index >= 15 is 0 Å². The summed E-state index contributed by atoms with van der Waals surface area (Å²) in [6.07, 6.45) is 0. The summed E-state index contributed by atoms with van der Waals surface area (Å²) in [7, 11) is 0. The van der Waals surface area contributed by atoms with Gasteiger partial charge in [0.15, 0.2) is 0 Å². The van der Waals surface area contributed by atoms with Gasteiger partial charge in [-0.25, -0.2) is 0 Å². The summed E-state index contributed by atoms with van der Waals surface area (Å²) in [6, 6.07) is 0. The van der Waals surface area contributed by atoms with Crippen LogP contribution in [0.4, 0.5) is 0 Å². The lowest BCUT2D eigenvalue weighted by Crippen LogP contribution is -1.93. The Bertz CT molecular complexity index is 23.8. The molecule has 0 saturated heterocycles. The quantitative estimate of drug-likeness (QED) is 0.442. The highest BCUT2D eigenvalue weighted by molar-refractivity contribution is 4.47. The van der Waals surface area contributed by atoms with Crippen molar-refractivity contribution >= 4 is 0 Å². The van der Waals surface area contributed by atoms with Crippen molar-refractivity contribution in [3.63, 3.8) is 0 Å². The minimum absolute atomic E-state index is 0.500. The highest BCUT2D eigenvalue weighted by atomic mass is 14.0. The van der Waals surface area contributed by atoms with Crippen LogP contribution in [-0.2, 0) is 0 Å². The van der Waals surface area contributed by atoms with Gasteiger partial charge >= 0.3 is 0 Å². The second kappa shape index (κ2) is 22.6. The van der Waals surface area contributed by atoms with Gasteiger partial charge in [0.05, 0.1) is 0 Å². The Kier molecular flexibility index (Phi) is 46.0. The fraction of sp³-hybridized carbons (Fsp3) is 0.818. The van der Waals surface area contributed by atoms with Crippen molar-refractivity contribution in [2.45, 2.75) is 55.4 Å². The van der Waals surface area contributed by atoms with Crippen LogP contribution < -0.4 is 0 Å². The van der Waals surface area contributed by atoms with Crippen LogP contribution >= 0.6 is 0 Å². The van der Waals surface area contributed by atoms with Crippen molar-refractivity contribution in [2.24, 2.45) is 5.41 Å². The van der Waals surface area contributed by atoms with Crippen LogP contribution in [0.15, 0.2) is 13.2 Å². The molecule has 0 aromatic carbocycles. The number of hydrogen-bond acceptors (Lipinski definition) is 0. The SMILES string of the molecule is C=C.CC.CC.CC(C)(C)C. The van der Waals surface area contributed by atoms with Crippen molar-refractivity contribution in [3.8, 4) is 0 Å². The van der Waals surface area contributed by atoms with E-state index in [2.05, 4.69) is 40.9 Å². The zero-order chi connectivity index (χ0) is 10.5. The largest absolute Gasteiger partial charge is 0.106 e. The van der Waals surface area contributed by atoms with Gasteiger partial charge in [0.2, 0.25) is 0 Å². The van der Waals surface area contributed by atoms with Gasteiger partial charge < -0.3 is 0 Å². The molecule has 0 aromatic heterocycles. The lowest BCUT2D eigenvalue weighted by Gasteiger charge is -2.05. The molecule has 0 spiro atoms. The van der Waals surface area contributed by atoms with Crippen LogP contribution in [0.2, 0.25) is 0 Å². The lowest BCUT2D eigenvalue weighted by molar-refractivity contribution is 0.469. The maximum atomic E-state index is 3.00. The number of rotatable bonds is 0. The molecule has 0 aromatic rings. The Hall–Kier alpha value is -0.260. The maximum absolute atomic E-state index is 3.00. The first kappa shape index (κ1) is 22.4. The molecule has 0 nitrogen and oxygen atoms in total. The highest BCUT2D eigenvalue weighted by Gasteiger charge is 1.95. The first-order valence-electron chi connectivity index (χ1n) is 4.50. The third kappa shape index (κ3) is 8630. The topological polar surface area (TPSA) is 0 Å².